The highest BCUT2D eigenvalue weighted by molar-refractivity contribution is 8.01. The van der Waals surface area contributed by atoms with Crippen molar-refractivity contribution in [1.29, 1.82) is 0 Å². The standard InChI is InChI=1S/2C29H22F3NO6S.C29H22F3NO4S2/c2*1-15-8-13-24(38-17(3)18-9-11-19(12-10-18)40(36,37)29(30,31)32)25-21(28(34)35)14-22(33-26(15)25)27-16(2)20-6-4-5-7-23(20)39-27;1-16-8-13-23(37-15-18-9-11-19(12-10-18)39(3,36)29(30,31)32)25-21(28(34)35)14-22(33-26(16)25)27-17(2)20-6-4-5-7-24(20)38-27/h2*4-14,17H,1-3H3,(H,34,35);4-14H,3,15H2,1-2H3,(H,34,35)/t2*17-;/m10./s1. The molecule has 0 aliphatic carbocycles. The highest BCUT2D eigenvalue weighted by atomic mass is 32.2. The normalized spacial score (nSPS) is 13.2. The third-order valence-electron chi connectivity index (χ3n) is 19.9. The van der Waals surface area contributed by atoms with Crippen molar-refractivity contribution < 1.29 is 113 Å². The Labute approximate surface area is 676 Å². The maximum atomic E-state index is 13.1. The van der Waals surface area contributed by atoms with Crippen LogP contribution in [-0.2, 0) is 35.8 Å². The summed E-state index contributed by atoms with van der Waals surface area (Å²) >= 11 is 1.55. The number of rotatable bonds is 18. The predicted molar refractivity (Wildman–Crippen MR) is 434 cm³/mol. The minimum Gasteiger partial charge on any atom is -0.488 e. The molecule has 9 aromatic carbocycles. The smallest absolute Gasteiger partial charge is 0.488 e. The Morgan fingerprint density at radius 1 is 0.437 bits per heavy atom. The van der Waals surface area contributed by atoms with Crippen LogP contribution in [0.2, 0.25) is 0 Å². The third-order valence-corrected chi connectivity index (χ3v) is 26.0. The predicted octanol–water partition coefficient (Wildman–Crippen LogP) is 22.4. The van der Waals surface area contributed by atoms with Crippen molar-refractivity contribution >= 4 is 129 Å². The molecule has 0 saturated heterocycles. The molecule has 0 saturated carbocycles. The zero-order valence-electron chi connectivity index (χ0n) is 63.6. The van der Waals surface area contributed by atoms with Crippen molar-refractivity contribution in [2.45, 2.75) is 105 Å². The van der Waals surface area contributed by atoms with Crippen LogP contribution in [0, 0.1) is 41.5 Å². The van der Waals surface area contributed by atoms with Crippen LogP contribution in [0.5, 0.6) is 17.2 Å². The van der Waals surface area contributed by atoms with Crippen molar-refractivity contribution in [1.82, 2.24) is 15.0 Å². The highest BCUT2D eigenvalue weighted by Gasteiger charge is 2.48. The van der Waals surface area contributed by atoms with Gasteiger partial charge in [0.05, 0.1) is 79.3 Å². The van der Waals surface area contributed by atoms with E-state index in [0.29, 0.717) is 89.5 Å². The molecule has 0 radical (unpaired) electrons. The Balaban J connectivity index is 0.000000155. The second-order valence-electron chi connectivity index (χ2n) is 27.7. The molecule has 19 nitrogen and oxygen atoms in total. The van der Waals surface area contributed by atoms with E-state index in [2.05, 4.69) is 5.87 Å². The fourth-order valence-corrected chi connectivity index (χ4v) is 17.0. The summed E-state index contributed by atoms with van der Waals surface area (Å²) < 4.78 is 207. The minimum atomic E-state index is -5.49. The SMILES string of the molecule is C=S(=O)(c1ccc(COc2ccc(C)c3nc(-c4sc5ccccc5c4C)cc(C(=O)O)c23)cc1)C(F)(F)F.Cc1c(-c2cc(C(=O)O)c3c(O[C@@H](C)c4ccc(S(=O)(=O)C(F)(F)F)cc4)ccc(C)c3n2)oc2ccccc12.Cc1c(-c2cc(C(=O)O)c3c(O[C@H](C)c4ccc(S(=O)(=O)C(F)(F)F)cc4)ccc(C)c3n2)oc2ccccc12. The van der Waals surface area contributed by atoms with E-state index in [9.17, 15) is 90.3 Å². The highest BCUT2D eigenvalue weighted by Crippen LogP contribution is 2.45. The van der Waals surface area contributed by atoms with E-state index in [-0.39, 0.29) is 51.3 Å². The van der Waals surface area contributed by atoms with Crippen molar-refractivity contribution in [3.63, 3.8) is 0 Å². The second kappa shape index (κ2) is 32.0. The number of ether oxygens (including phenoxy) is 3. The molecule has 0 aliphatic rings. The number of halogens is 9. The second-order valence-corrected chi connectivity index (χ2v) is 34.9. The number of aryl methyl sites for hydroxylation is 6. The average Bonchev–Trinajstić information content (AvgIpc) is 1.75. The first kappa shape index (κ1) is 84.3. The van der Waals surface area contributed by atoms with Crippen molar-refractivity contribution in [3.05, 3.63) is 267 Å². The Hall–Kier alpha value is -12.7. The molecule has 0 bridgehead atoms. The maximum absolute atomic E-state index is 13.1. The van der Waals surface area contributed by atoms with E-state index >= 15 is 0 Å². The van der Waals surface area contributed by atoms with Crippen LogP contribution in [0.1, 0.15) is 107 Å². The number of hydrogen-bond acceptors (Lipinski definition) is 17. The summed E-state index contributed by atoms with van der Waals surface area (Å²) in [6.45, 7) is 14.3. The van der Waals surface area contributed by atoms with Gasteiger partial charge in [0.25, 0.3) is 19.7 Å². The van der Waals surface area contributed by atoms with Crippen molar-refractivity contribution in [2.24, 2.45) is 0 Å². The Morgan fingerprint density at radius 2 is 0.790 bits per heavy atom. The molecule has 3 N–H and O–H groups in total. The van der Waals surface area contributed by atoms with Gasteiger partial charge in [-0.05, 0) is 197 Å². The van der Waals surface area contributed by atoms with Crippen molar-refractivity contribution in [2.75, 3.05) is 0 Å². The molecular formula is C87H66F9N3O16S4. The molecule has 0 spiro atoms. The monoisotopic (exact) mass is 1710 g/mol. The summed E-state index contributed by atoms with van der Waals surface area (Å²) in [7, 11) is -15.4. The summed E-state index contributed by atoms with van der Waals surface area (Å²) in [6, 6.07) is 50.5. The number of para-hydroxylation sites is 2. The van der Waals surface area contributed by atoms with Gasteiger partial charge in [0.1, 0.15) is 58.6 Å². The number of carboxylic acids is 3. The van der Waals surface area contributed by atoms with Gasteiger partial charge in [-0.15, -0.1) is 11.3 Å². The number of thiophene rings is 1. The topological polar surface area (TPSA) is 290 Å². The Kier molecular flexibility index (Phi) is 22.7. The number of fused-ring (bicyclic) bond motifs is 6. The molecule has 612 valence electrons. The lowest BCUT2D eigenvalue weighted by atomic mass is 10.0. The van der Waals surface area contributed by atoms with Crippen molar-refractivity contribution in [3.8, 4) is 50.7 Å². The number of sulfone groups is 2. The van der Waals surface area contributed by atoms with Gasteiger partial charge in [0.2, 0.25) is 0 Å². The fraction of sp³-hybridized carbons (Fsp3) is 0.161. The van der Waals surface area contributed by atoms with E-state index in [1.807, 2.05) is 100 Å². The van der Waals surface area contributed by atoms with Crippen LogP contribution in [0.15, 0.2) is 224 Å². The Bertz CT molecular complexity index is 6690. The molecule has 15 rings (SSSR count). The van der Waals surface area contributed by atoms with Crippen LogP contribution < -0.4 is 14.2 Å². The lowest BCUT2D eigenvalue weighted by molar-refractivity contribution is -0.0442. The molecule has 119 heavy (non-hydrogen) atoms. The van der Waals surface area contributed by atoms with Gasteiger partial charge in [0, 0.05) is 31.5 Å². The summed E-state index contributed by atoms with van der Waals surface area (Å²) in [5.74, 6) is 0.839. The third kappa shape index (κ3) is 16.2. The van der Waals surface area contributed by atoms with Crippen LogP contribution >= 0.6 is 11.3 Å². The number of aromatic nitrogens is 3. The van der Waals surface area contributed by atoms with E-state index < -0.39 is 90.5 Å². The van der Waals surface area contributed by atoms with Gasteiger partial charge in [-0.1, -0.05) is 109 Å². The van der Waals surface area contributed by atoms with Crippen LogP contribution in [0.25, 0.3) is 98.2 Å². The molecule has 0 fully saturated rings. The summed E-state index contributed by atoms with van der Waals surface area (Å²) in [4.78, 5) is 50.2. The number of furan rings is 2. The number of carbonyl (C=O) groups is 3. The lowest BCUT2D eigenvalue weighted by Crippen LogP contribution is -2.23. The molecule has 1 unspecified atom stereocenters. The summed E-state index contributed by atoms with van der Waals surface area (Å²) in [5, 5.41) is 34.1. The zero-order valence-corrected chi connectivity index (χ0v) is 66.9. The van der Waals surface area contributed by atoms with E-state index in [1.165, 1.54) is 48.5 Å². The summed E-state index contributed by atoms with van der Waals surface area (Å²) in [6.07, 6.45) is -1.54. The van der Waals surface area contributed by atoms with E-state index in [4.69, 9.17) is 38.0 Å². The Morgan fingerprint density at radius 3 is 1.17 bits per heavy atom. The van der Waals surface area contributed by atoms with Gasteiger partial charge in [-0.2, -0.15) is 39.5 Å². The molecule has 32 heteroatoms. The first-order valence-electron chi connectivity index (χ1n) is 35.8. The average molecular weight is 1710 g/mol. The number of alkyl halides is 9. The molecule has 6 heterocycles. The van der Waals surface area contributed by atoms with Gasteiger partial charge >= 0.3 is 34.4 Å². The van der Waals surface area contributed by atoms with Gasteiger partial charge in [-0.25, -0.2) is 46.2 Å². The number of pyridine rings is 3. The van der Waals surface area contributed by atoms with E-state index in [0.717, 1.165) is 84.4 Å². The molecule has 0 aliphatic heterocycles. The molecule has 0 amide bonds. The molecule has 3 atom stereocenters. The zero-order chi connectivity index (χ0) is 86.1. The molecular weight excluding hydrogens is 1640 g/mol. The quantitative estimate of drug-likeness (QED) is 0.0531. The van der Waals surface area contributed by atoms with Gasteiger partial charge in [-0.3, -0.25) is 4.21 Å². The van der Waals surface area contributed by atoms with Gasteiger partial charge < -0.3 is 38.4 Å². The van der Waals surface area contributed by atoms with Gasteiger partial charge in [0.15, 0.2) is 11.5 Å². The number of aromatic carboxylic acids is 3. The summed E-state index contributed by atoms with van der Waals surface area (Å²) in [5.41, 5.74) is -6.08. The lowest BCUT2D eigenvalue weighted by Gasteiger charge is -2.19. The number of hydrogen-bond donors (Lipinski definition) is 3. The molecule has 15 aromatic rings. The number of benzene rings is 9. The van der Waals surface area contributed by atoms with Crippen LogP contribution in [-0.4, -0.2) is 91.6 Å². The number of carboxylic acid groups (broad SMARTS) is 3. The minimum absolute atomic E-state index is 0.0304. The number of nitrogens with zero attached hydrogens (tertiary/aromatic N) is 3. The van der Waals surface area contributed by atoms with E-state index in [1.54, 1.807) is 81.5 Å². The maximum Gasteiger partial charge on any atom is 0.501 e. The largest absolute Gasteiger partial charge is 0.501 e. The van der Waals surface area contributed by atoms with Crippen LogP contribution in [0.4, 0.5) is 39.5 Å². The first-order valence-corrected chi connectivity index (χ1v) is 41.3. The first-order chi connectivity index (χ1) is 56.0. The fourth-order valence-electron chi connectivity index (χ4n) is 13.5. The molecule has 6 aromatic heterocycles. The van der Waals surface area contributed by atoms with Crippen LogP contribution in [0.3, 0.4) is 0 Å².